The van der Waals surface area contributed by atoms with Crippen LogP contribution >= 0.6 is 0 Å². The molecule has 0 amide bonds. The summed E-state index contributed by atoms with van der Waals surface area (Å²) < 4.78 is 44.1. The zero-order chi connectivity index (χ0) is 28.4. The predicted octanol–water partition coefficient (Wildman–Crippen LogP) is 1.38. The van der Waals surface area contributed by atoms with E-state index in [2.05, 4.69) is 0 Å². The van der Waals surface area contributed by atoms with E-state index in [0.717, 1.165) is 20.8 Å². The zero-order valence-electron chi connectivity index (χ0n) is 21.8. The number of carbonyl (C=O) groups excluding carboxylic acids is 5. The Morgan fingerprint density at radius 3 is 1.82 bits per heavy atom. The van der Waals surface area contributed by atoms with E-state index in [9.17, 15) is 24.0 Å². The summed E-state index contributed by atoms with van der Waals surface area (Å²) in [5.74, 6) is -2.65. The molecule has 13 nitrogen and oxygen atoms in total. The van der Waals surface area contributed by atoms with Gasteiger partial charge in [0.2, 0.25) is 18.1 Å². The van der Waals surface area contributed by atoms with Gasteiger partial charge in [-0.15, -0.1) is 0 Å². The van der Waals surface area contributed by atoms with Gasteiger partial charge in [-0.1, -0.05) is 6.08 Å². The number of allylic oxidation sites excluding steroid dienone is 1. The van der Waals surface area contributed by atoms with Gasteiger partial charge in [0.15, 0.2) is 23.7 Å². The van der Waals surface area contributed by atoms with Crippen molar-refractivity contribution in [3.05, 3.63) is 23.8 Å². The van der Waals surface area contributed by atoms with Crippen molar-refractivity contribution in [2.24, 2.45) is 0 Å². The molecule has 38 heavy (non-hydrogen) atoms. The van der Waals surface area contributed by atoms with Gasteiger partial charge in [-0.3, -0.25) is 24.0 Å². The number of aldehydes is 1. The van der Waals surface area contributed by atoms with Crippen molar-refractivity contribution in [3.63, 3.8) is 0 Å². The largest absolute Gasteiger partial charge is 0.493 e. The van der Waals surface area contributed by atoms with Crippen molar-refractivity contribution in [1.82, 2.24) is 0 Å². The minimum absolute atomic E-state index is 0.0131. The number of hydrogen-bond donors (Lipinski definition) is 0. The van der Waals surface area contributed by atoms with E-state index in [1.807, 2.05) is 0 Å². The van der Waals surface area contributed by atoms with Gasteiger partial charge >= 0.3 is 23.9 Å². The fraction of sp³-hybridized carbons (Fsp3) is 0.480. The van der Waals surface area contributed by atoms with Crippen molar-refractivity contribution < 1.29 is 61.9 Å². The second-order valence-electron chi connectivity index (χ2n) is 7.94. The number of esters is 4. The van der Waals surface area contributed by atoms with E-state index in [1.165, 1.54) is 33.3 Å². The molecule has 1 aromatic rings. The first-order chi connectivity index (χ1) is 18.0. The van der Waals surface area contributed by atoms with Gasteiger partial charge in [-0.2, -0.15) is 0 Å². The van der Waals surface area contributed by atoms with Crippen molar-refractivity contribution in [3.8, 4) is 17.2 Å². The van der Waals surface area contributed by atoms with E-state index >= 15 is 0 Å². The summed E-state index contributed by atoms with van der Waals surface area (Å²) in [7, 11) is 2.73. The fourth-order valence-electron chi connectivity index (χ4n) is 3.66. The van der Waals surface area contributed by atoms with Gasteiger partial charge < -0.3 is 37.9 Å². The Kier molecular flexibility index (Phi) is 11.1. The number of rotatable bonds is 11. The Bertz CT molecular complexity index is 1040. The molecule has 5 atom stereocenters. The summed E-state index contributed by atoms with van der Waals surface area (Å²) in [5, 5.41) is 0. The molecular formula is C25H30O13. The van der Waals surface area contributed by atoms with E-state index in [0.29, 0.717) is 11.8 Å². The number of methoxy groups -OCH3 is 2. The summed E-state index contributed by atoms with van der Waals surface area (Å²) in [5.41, 5.74) is 0.541. The molecule has 0 saturated carbocycles. The maximum Gasteiger partial charge on any atom is 0.303 e. The second-order valence-corrected chi connectivity index (χ2v) is 7.94. The smallest absolute Gasteiger partial charge is 0.303 e. The molecule has 0 N–H and O–H groups in total. The van der Waals surface area contributed by atoms with Gasteiger partial charge in [0, 0.05) is 27.7 Å². The van der Waals surface area contributed by atoms with Crippen molar-refractivity contribution in [1.29, 1.82) is 0 Å². The molecule has 1 saturated heterocycles. The molecule has 0 radical (unpaired) electrons. The van der Waals surface area contributed by atoms with Crippen LogP contribution in [0.3, 0.4) is 0 Å². The van der Waals surface area contributed by atoms with Gasteiger partial charge in [-0.05, 0) is 23.8 Å². The Morgan fingerprint density at radius 1 is 0.816 bits per heavy atom. The molecule has 2 rings (SSSR count). The van der Waals surface area contributed by atoms with Crippen LogP contribution in [0.5, 0.6) is 17.2 Å². The summed E-state index contributed by atoms with van der Waals surface area (Å²) in [6.07, 6.45) is -3.50. The first-order valence-corrected chi connectivity index (χ1v) is 11.4. The second kappa shape index (κ2) is 14.0. The number of hydrogen-bond acceptors (Lipinski definition) is 13. The number of ether oxygens (including phenoxy) is 8. The quantitative estimate of drug-likeness (QED) is 0.172. The van der Waals surface area contributed by atoms with Crippen LogP contribution in [0, 0.1) is 0 Å². The summed E-state index contributed by atoms with van der Waals surface area (Å²) in [6.45, 7) is 4.09. The molecule has 1 aromatic carbocycles. The van der Waals surface area contributed by atoms with E-state index in [-0.39, 0.29) is 17.2 Å². The van der Waals surface area contributed by atoms with Gasteiger partial charge in [-0.25, -0.2) is 0 Å². The third-order valence-electron chi connectivity index (χ3n) is 5.03. The average Bonchev–Trinajstić information content (AvgIpc) is 2.84. The minimum atomic E-state index is -1.49. The van der Waals surface area contributed by atoms with E-state index in [1.54, 1.807) is 12.1 Å². The lowest BCUT2D eigenvalue weighted by Crippen LogP contribution is -2.63. The van der Waals surface area contributed by atoms with Crippen LogP contribution in [-0.2, 0) is 47.7 Å². The predicted molar refractivity (Wildman–Crippen MR) is 127 cm³/mol. The molecule has 13 heteroatoms. The maximum atomic E-state index is 12.0. The SMILES string of the molecule is COc1cc(/C=C/C=O)cc(OC)c1O[C@@H]1O[C@H](COC(C)=O)[C@@H](OC(C)=O)[C@H](OC(C)=O)[C@H]1OC(C)=O. The standard InChI is InChI=1S/C25H30O13/c1-13(27)33-12-20-22(34-14(2)28)23(35-15(3)29)24(36-16(4)30)25(37-20)38-21-18(31-5)10-17(8-7-9-26)11-19(21)32-6/h7-11,20,22-25H,12H2,1-6H3/b8-7+/t20-,22-,23+,24-,25+/m1/s1. The highest BCUT2D eigenvalue weighted by molar-refractivity contribution is 5.75. The van der Waals surface area contributed by atoms with E-state index < -0.39 is 61.2 Å². The molecule has 0 aliphatic carbocycles. The molecular weight excluding hydrogens is 508 g/mol. The molecule has 1 aliphatic heterocycles. The average molecular weight is 539 g/mol. The highest BCUT2D eigenvalue weighted by atomic mass is 16.7. The Hall–Kier alpha value is -4.13. The van der Waals surface area contributed by atoms with Crippen molar-refractivity contribution in [2.75, 3.05) is 20.8 Å². The molecule has 0 bridgehead atoms. The molecule has 208 valence electrons. The lowest BCUT2D eigenvalue weighted by molar-refractivity contribution is -0.288. The van der Waals surface area contributed by atoms with Crippen LogP contribution < -0.4 is 14.2 Å². The molecule has 0 spiro atoms. The fourth-order valence-corrected chi connectivity index (χ4v) is 3.66. The van der Waals surface area contributed by atoms with Crippen LogP contribution in [0.25, 0.3) is 6.08 Å². The van der Waals surface area contributed by atoms with E-state index in [4.69, 9.17) is 37.9 Å². The van der Waals surface area contributed by atoms with Crippen LogP contribution in [0.1, 0.15) is 33.3 Å². The normalized spacial score (nSPS) is 22.6. The Labute approximate surface area is 218 Å². The first kappa shape index (κ1) is 30.1. The summed E-state index contributed by atoms with van der Waals surface area (Å²) in [6, 6.07) is 3.09. The van der Waals surface area contributed by atoms with Gasteiger partial charge in [0.05, 0.1) is 14.2 Å². The van der Waals surface area contributed by atoms with Crippen LogP contribution in [0.2, 0.25) is 0 Å². The topological polar surface area (TPSA) is 159 Å². The molecule has 1 aliphatic rings. The molecule has 1 fully saturated rings. The maximum absolute atomic E-state index is 12.0. The van der Waals surface area contributed by atoms with Gasteiger partial charge in [0.25, 0.3) is 0 Å². The Balaban J connectivity index is 2.61. The lowest BCUT2D eigenvalue weighted by atomic mass is 9.98. The third kappa shape index (κ3) is 8.20. The van der Waals surface area contributed by atoms with Gasteiger partial charge in [0.1, 0.15) is 19.0 Å². The van der Waals surface area contributed by atoms with Crippen LogP contribution in [-0.4, -0.2) is 81.7 Å². The summed E-state index contributed by atoms with van der Waals surface area (Å²) in [4.78, 5) is 58.1. The van der Waals surface area contributed by atoms with Crippen LogP contribution in [0.4, 0.5) is 0 Å². The Morgan fingerprint density at radius 2 is 1.34 bits per heavy atom. The number of carbonyl (C=O) groups is 5. The summed E-state index contributed by atoms with van der Waals surface area (Å²) >= 11 is 0. The first-order valence-electron chi connectivity index (χ1n) is 11.4. The highest BCUT2D eigenvalue weighted by Crippen LogP contribution is 2.41. The molecule has 1 heterocycles. The molecule has 0 aromatic heterocycles. The van der Waals surface area contributed by atoms with Crippen molar-refractivity contribution >= 4 is 36.2 Å². The monoisotopic (exact) mass is 538 g/mol. The highest BCUT2D eigenvalue weighted by Gasteiger charge is 2.53. The van der Waals surface area contributed by atoms with Crippen molar-refractivity contribution in [2.45, 2.75) is 58.4 Å². The zero-order valence-corrected chi connectivity index (χ0v) is 21.8. The lowest BCUT2D eigenvalue weighted by Gasteiger charge is -2.44. The number of benzene rings is 1. The van der Waals surface area contributed by atoms with Crippen LogP contribution in [0.15, 0.2) is 18.2 Å². The third-order valence-corrected chi connectivity index (χ3v) is 5.03. The molecule has 0 unspecified atom stereocenters. The minimum Gasteiger partial charge on any atom is -0.493 e.